The Labute approximate surface area is 121 Å². The molecule has 0 amide bonds. The van der Waals surface area contributed by atoms with Crippen LogP contribution in [0.25, 0.3) is 10.9 Å². The molecule has 106 valence electrons. The summed E-state index contributed by atoms with van der Waals surface area (Å²) < 4.78 is 0. The van der Waals surface area contributed by atoms with Gasteiger partial charge in [-0.2, -0.15) is 0 Å². The van der Waals surface area contributed by atoms with Crippen LogP contribution in [0.2, 0.25) is 0 Å². The number of likely N-dealkylation sites (tertiary alicyclic amines) is 1. The topological polar surface area (TPSA) is 28.2 Å². The summed E-state index contributed by atoms with van der Waals surface area (Å²) in [5.74, 6) is 1.05. The van der Waals surface area contributed by atoms with Gasteiger partial charge in [-0.05, 0) is 50.6 Å². The molecule has 1 aliphatic rings. The summed E-state index contributed by atoms with van der Waals surface area (Å²) in [6, 6.07) is 11.1. The van der Waals surface area contributed by atoms with Crippen molar-refractivity contribution in [1.29, 1.82) is 0 Å². The molecule has 1 aromatic carbocycles. The lowest BCUT2D eigenvalue weighted by molar-refractivity contribution is 0.226. The molecule has 3 nitrogen and oxygen atoms in total. The third-order valence-corrected chi connectivity index (χ3v) is 4.21. The predicted octanol–water partition coefficient (Wildman–Crippen LogP) is 3.44. The summed E-state index contributed by atoms with van der Waals surface area (Å²) in [7, 11) is 0. The van der Waals surface area contributed by atoms with E-state index in [2.05, 4.69) is 48.3 Å². The lowest BCUT2D eigenvalue weighted by atomic mass is 10.1. The van der Waals surface area contributed by atoms with Gasteiger partial charge >= 0.3 is 0 Å². The van der Waals surface area contributed by atoms with E-state index >= 15 is 0 Å². The highest BCUT2D eigenvalue weighted by molar-refractivity contribution is 5.81. The Bertz CT molecular complexity index is 594. The van der Waals surface area contributed by atoms with Gasteiger partial charge in [-0.25, -0.2) is 4.98 Å². The first kappa shape index (κ1) is 13.4. The minimum absolute atomic E-state index is 0.524. The highest BCUT2D eigenvalue weighted by Gasteiger charge is 2.19. The molecule has 0 bridgehead atoms. The number of piperidine rings is 1. The molecule has 2 aromatic rings. The molecule has 1 atom stereocenters. The van der Waals surface area contributed by atoms with Gasteiger partial charge in [0.15, 0.2) is 0 Å². The monoisotopic (exact) mass is 269 g/mol. The number of hydrogen-bond donors (Lipinski definition) is 1. The van der Waals surface area contributed by atoms with Gasteiger partial charge < -0.3 is 10.2 Å². The molecule has 1 saturated heterocycles. The number of likely N-dealkylation sites (N-methyl/N-ethyl adjacent to an activating group) is 1. The van der Waals surface area contributed by atoms with Gasteiger partial charge in [-0.1, -0.05) is 25.1 Å². The molecule has 1 aromatic heterocycles. The molecule has 1 aliphatic heterocycles. The first-order valence-electron chi connectivity index (χ1n) is 7.61. The Morgan fingerprint density at radius 1 is 1.35 bits per heavy atom. The Morgan fingerprint density at radius 3 is 3.05 bits per heavy atom. The second-order valence-electron chi connectivity index (χ2n) is 5.72. The average Bonchev–Trinajstić information content (AvgIpc) is 2.48. The summed E-state index contributed by atoms with van der Waals surface area (Å²) in [6.07, 6.45) is 2.52. The Morgan fingerprint density at radius 2 is 2.20 bits per heavy atom. The number of para-hydroxylation sites is 1. The van der Waals surface area contributed by atoms with Crippen LogP contribution >= 0.6 is 0 Å². The van der Waals surface area contributed by atoms with E-state index in [0.29, 0.717) is 6.04 Å². The number of pyridine rings is 1. The predicted molar refractivity (Wildman–Crippen MR) is 85.2 cm³/mol. The third kappa shape index (κ3) is 2.78. The van der Waals surface area contributed by atoms with Crippen molar-refractivity contribution in [3.63, 3.8) is 0 Å². The van der Waals surface area contributed by atoms with Crippen molar-refractivity contribution >= 4 is 16.7 Å². The Hall–Kier alpha value is -1.61. The van der Waals surface area contributed by atoms with Crippen molar-refractivity contribution in [2.45, 2.75) is 32.7 Å². The number of aromatic nitrogens is 1. The summed E-state index contributed by atoms with van der Waals surface area (Å²) in [5, 5.41) is 4.87. The molecule has 20 heavy (non-hydrogen) atoms. The van der Waals surface area contributed by atoms with Crippen LogP contribution in [0, 0.1) is 6.92 Å². The molecule has 0 radical (unpaired) electrons. The molecule has 3 rings (SSSR count). The van der Waals surface area contributed by atoms with Crippen molar-refractivity contribution in [3.8, 4) is 0 Å². The minimum Gasteiger partial charge on any atom is -0.366 e. The molecule has 2 heterocycles. The number of rotatable bonds is 3. The average molecular weight is 269 g/mol. The summed E-state index contributed by atoms with van der Waals surface area (Å²) in [5.41, 5.74) is 2.31. The lowest BCUT2D eigenvalue weighted by Crippen LogP contribution is -2.42. The maximum atomic E-state index is 4.79. The number of benzene rings is 1. The highest BCUT2D eigenvalue weighted by atomic mass is 15.2. The molecular weight excluding hydrogens is 246 g/mol. The smallest absolute Gasteiger partial charge is 0.129 e. The zero-order valence-electron chi connectivity index (χ0n) is 12.4. The van der Waals surface area contributed by atoms with E-state index in [9.17, 15) is 0 Å². The number of aryl methyl sites for hydroxylation is 1. The third-order valence-electron chi connectivity index (χ3n) is 4.21. The van der Waals surface area contributed by atoms with E-state index in [4.69, 9.17) is 4.98 Å². The van der Waals surface area contributed by atoms with Gasteiger partial charge in [0.2, 0.25) is 0 Å². The van der Waals surface area contributed by atoms with E-state index in [0.717, 1.165) is 24.4 Å². The molecule has 0 spiro atoms. The zero-order valence-corrected chi connectivity index (χ0v) is 12.4. The molecule has 0 saturated carbocycles. The van der Waals surface area contributed by atoms with Crippen molar-refractivity contribution in [2.24, 2.45) is 0 Å². The molecule has 1 unspecified atom stereocenters. The summed E-state index contributed by atoms with van der Waals surface area (Å²) in [6.45, 7) is 7.88. The van der Waals surface area contributed by atoms with Crippen LogP contribution < -0.4 is 5.32 Å². The standard InChI is InChI=1S/C17H23N3/c1-3-20-10-6-8-15(12-20)18-17-13(2)11-14-7-4-5-9-16(14)19-17/h4-5,7,9,11,15H,3,6,8,10,12H2,1-2H3,(H,18,19). The molecule has 3 heteroatoms. The van der Waals surface area contributed by atoms with Crippen LogP contribution in [0.4, 0.5) is 5.82 Å². The van der Waals surface area contributed by atoms with Crippen LogP contribution in [0.15, 0.2) is 30.3 Å². The normalized spacial score (nSPS) is 20.2. The van der Waals surface area contributed by atoms with E-state index in [1.165, 1.54) is 30.3 Å². The van der Waals surface area contributed by atoms with Gasteiger partial charge in [0.05, 0.1) is 5.52 Å². The second-order valence-corrected chi connectivity index (χ2v) is 5.72. The van der Waals surface area contributed by atoms with Gasteiger partial charge in [0.1, 0.15) is 5.82 Å². The van der Waals surface area contributed by atoms with Gasteiger partial charge in [-0.3, -0.25) is 0 Å². The quantitative estimate of drug-likeness (QED) is 0.925. The summed E-state index contributed by atoms with van der Waals surface area (Å²) >= 11 is 0. The fourth-order valence-corrected chi connectivity index (χ4v) is 3.02. The second kappa shape index (κ2) is 5.80. The van der Waals surface area contributed by atoms with Crippen LogP contribution in [0.3, 0.4) is 0 Å². The Balaban J connectivity index is 1.81. The zero-order chi connectivity index (χ0) is 13.9. The summed E-state index contributed by atoms with van der Waals surface area (Å²) in [4.78, 5) is 7.30. The van der Waals surface area contributed by atoms with Crippen LogP contribution in [-0.4, -0.2) is 35.6 Å². The lowest BCUT2D eigenvalue weighted by Gasteiger charge is -2.32. The number of nitrogens with one attached hydrogen (secondary N) is 1. The van der Waals surface area contributed by atoms with Gasteiger partial charge in [-0.15, -0.1) is 0 Å². The molecule has 1 fully saturated rings. The largest absolute Gasteiger partial charge is 0.366 e. The fourth-order valence-electron chi connectivity index (χ4n) is 3.02. The van der Waals surface area contributed by atoms with E-state index in [1.54, 1.807) is 0 Å². The van der Waals surface area contributed by atoms with Crippen molar-refractivity contribution in [3.05, 3.63) is 35.9 Å². The number of anilines is 1. The number of hydrogen-bond acceptors (Lipinski definition) is 3. The first-order chi connectivity index (χ1) is 9.76. The maximum Gasteiger partial charge on any atom is 0.129 e. The molecule has 1 N–H and O–H groups in total. The highest BCUT2D eigenvalue weighted by Crippen LogP contribution is 2.22. The van der Waals surface area contributed by atoms with Gasteiger partial charge in [0.25, 0.3) is 0 Å². The number of fused-ring (bicyclic) bond motifs is 1. The fraction of sp³-hybridized carbons (Fsp3) is 0.471. The Kier molecular flexibility index (Phi) is 3.88. The van der Waals surface area contributed by atoms with Crippen molar-refractivity contribution in [2.75, 3.05) is 25.0 Å². The van der Waals surface area contributed by atoms with E-state index in [1.807, 2.05) is 6.07 Å². The number of nitrogens with zero attached hydrogens (tertiary/aromatic N) is 2. The van der Waals surface area contributed by atoms with Crippen LogP contribution in [0.5, 0.6) is 0 Å². The molecular formula is C17H23N3. The van der Waals surface area contributed by atoms with Crippen molar-refractivity contribution < 1.29 is 0 Å². The van der Waals surface area contributed by atoms with E-state index in [-0.39, 0.29) is 0 Å². The molecule has 0 aliphatic carbocycles. The SMILES string of the molecule is CCN1CCCC(Nc2nc3ccccc3cc2C)C1. The van der Waals surface area contributed by atoms with Crippen LogP contribution in [0.1, 0.15) is 25.3 Å². The maximum absolute atomic E-state index is 4.79. The minimum atomic E-state index is 0.524. The van der Waals surface area contributed by atoms with Crippen molar-refractivity contribution in [1.82, 2.24) is 9.88 Å². The first-order valence-corrected chi connectivity index (χ1v) is 7.61. The van der Waals surface area contributed by atoms with Gasteiger partial charge in [0, 0.05) is 18.0 Å². The van der Waals surface area contributed by atoms with E-state index < -0.39 is 0 Å². The van der Waals surface area contributed by atoms with Crippen LogP contribution in [-0.2, 0) is 0 Å².